The molecule has 1 atom stereocenters. The Hall–Kier alpha value is -2.08. The quantitative estimate of drug-likeness (QED) is 0.780. The largest absolute Gasteiger partial charge is 0.441 e. The first-order valence-corrected chi connectivity index (χ1v) is 10.5. The van der Waals surface area contributed by atoms with Crippen LogP contribution in [0.25, 0.3) is 0 Å². The van der Waals surface area contributed by atoms with Crippen molar-refractivity contribution in [2.75, 3.05) is 33.2 Å². The summed E-state index contributed by atoms with van der Waals surface area (Å²) in [7, 11) is 1.81. The molecule has 2 aliphatic heterocycles. The number of amides is 2. The van der Waals surface area contributed by atoms with Crippen molar-refractivity contribution in [1.29, 1.82) is 0 Å². The van der Waals surface area contributed by atoms with Crippen molar-refractivity contribution in [2.24, 2.45) is 5.92 Å². The van der Waals surface area contributed by atoms with Crippen molar-refractivity contribution in [3.63, 3.8) is 0 Å². The van der Waals surface area contributed by atoms with Crippen LogP contribution in [0.4, 0.5) is 4.79 Å². The Morgan fingerprint density at radius 3 is 2.39 bits per heavy atom. The van der Waals surface area contributed by atoms with Crippen molar-refractivity contribution < 1.29 is 14.3 Å². The Bertz CT molecular complexity index is 667. The molecule has 0 aliphatic carbocycles. The molecule has 1 spiro atoms. The lowest BCUT2D eigenvalue weighted by Crippen LogP contribution is -2.51. The van der Waals surface area contributed by atoms with Gasteiger partial charge >= 0.3 is 6.09 Å². The second kappa shape index (κ2) is 8.95. The molecule has 2 aliphatic rings. The summed E-state index contributed by atoms with van der Waals surface area (Å²) in [6, 6.07) is 9.45. The van der Waals surface area contributed by atoms with E-state index in [9.17, 15) is 9.59 Å². The third-order valence-electron chi connectivity index (χ3n) is 6.33. The maximum atomic E-state index is 13.0. The van der Waals surface area contributed by atoms with Gasteiger partial charge in [-0.2, -0.15) is 0 Å². The Labute approximate surface area is 168 Å². The highest BCUT2D eigenvalue weighted by atomic mass is 16.6. The Kier molecular flexibility index (Phi) is 6.60. The maximum Gasteiger partial charge on any atom is 0.410 e. The second-order valence-electron chi connectivity index (χ2n) is 8.07. The number of piperidine rings is 1. The van der Waals surface area contributed by atoms with E-state index in [1.165, 1.54) is 0 Å². The van der Waals surface area contributed by atoms with Crippen LogP contribution >= 0.6 is 0 Å². The van der Waals surface area contributed by atoms with Crippen molar-refractivity contribution in [3.8, 4) is 0 Å². The summed E-state index contributed by atoms with van der Waals surface area (Å²) in [5.74, 6) is 0.605. The Morgan fingerprint density at radius 2 is 1.82 bits per heavy atom. The number of rotatable bonds is 7. The number of carbonyl (C=O) groups excluding carboxylic acids is 2. The summed E-state index contributed by atoms with van der Waals surface area (Å²) < 4.78 is 5.83. The number of ether oxygens (including phenoxy) is 1. The predicted molar refractivity (Wildman–Crippen MR) is 109 cm³/mol. The van der Waals surface area contributed by atoms with Gasteiger partial charge in [-0.05, 0) is 18.5 Å². The molecule has 2 saturated heterocycles. The zero-order valence-corrected chi connectivity index (χ0v) is 17.3. The fourth-order valence-electron chi connectivity index (χ4n) is 4.35. The van der Waals surface area contributed by atoms with Gasteiger partial charge < -0.3 is 19.9 Å². The molecule has 3 rings (SSSR count). The number of likely N-dealkylation sites (tertiary alicyclic amines) is 1. The molecule has 1 N–H and O–H groups in total. The first-order chi connectivity index (χ1) is 13.5. The van der Waals surface area contributed by atoms with E-state index < -0.39 is 5.60 Å². The van der Waals surface area contributed by atoms with Gasteiger partial charge in [0.1, 0.15) is 11.6 Å². The van der Waals surface area contributed by atoms with Crippen LogP contribution in [0.15, 0.2) is 30.3 Å². The van der Waals surface area contributed by atoms with E-state index in [1.807, 2.05) is 47.2 Å². The summed E-state index contributed by atoms with van der Waals surface area (Å²) >= 11 is 0. The molecule has 1 aromatic carbocycles. The highest BCUT2D eigenvalue weighted by molar-refractivity contribution is 5.83. The molecule has 2 amide bonds. The number of benzene rings is 1. The first-order valence-electron chi connectivity index (χ1n) is 10.5. The first kappa shape index (κ1) is 20.6. The number of carbonyl (C=O) groups is 2. The van der Waals surface area contributed by atoms with Gasteiger partial charge in [0.2, 0.25) is 5.91 Å². The SMILES string of the molecule is CCC(CC)CN1CC2(CCN(C(=O)C(NC)c3ccccc3)CC2)OC1=O. The molecular formula is C22H33N3O3. The van der Waals surface area contributed by atoms with Gasteiger partial charge in [0.15, 0.2) is 0 Å². The summed E-state index contributed by atoms with van der Waals surface area (Å²) in [5, 5.41) is 3.14. The van der Waals surface area contributed by atoms with Gasteiger partial charge in [-0.15, -0.1) is 0 Å². The smallest absolute Gasteiger partial charge is 0.410 e. The minimum Gasteiger partial charge on any atom is -0.441 e. The monoisotopic (exact) mass is 387 g/mol. The summed E-state index contributed by atoms with van der Waals surface area (Å²) in [4.78, 5) is 29.2. The molecule has 0 bridgehead atoms. The van der Waals surface area contributed by atoms with Crippen LogP contribution in [0.1, 0.15) is 51.1 Å². The highest BCUT2D eigenvalue weighted by Crippen LogP contribution is 2.34. The Balaban J connectivity index is 1.59. The number of nitrogens with one attached hydrogen (secondary N) is 1. The minimum atomic E-state index is -0.429. The number of nitrogens with zero attached hydrogens (tertiary/aromatic N) is 2. The van der Waals surface area contributed by atoms with Gasteiger partial charge in [0.25, 0.3) is 0 Å². The average Bonchev–Trinajstić information content (AvgIpc) is 3.02. The normalized spacial score (nSPS) is 19.9. The predicted octanol–water partition coefficient (Wildman–Crippen LogP) is 3.20. The minimum absolute atomic E-state index is 0.0850. The van der Waals surface area contributed by atoms with Crippen molar-refractivity contribution in [3.05, 3.63) is 35.9 Å². The van der Waals surface area contributed by atoms with Crippen molar-refractivity contribution >= 4 is 12.0 Å². The fourth-order valence-corrected chi connectivity index (χ4v) is 4.35. The molecule has 6 heteroatoms. The average molecular weight is 388 g/mol. The lowest BCUT2D eigenvalue weighted by molar-refractivity contribution is -0.136. The van der Waals surface area contributed by atoms with Gasteiger partial charge in [-0.1, -0.05) is 57.0 Å². The van der Waals surface area contributed by atoms with E-state index in [0.29, 0.717) is 38.4 Å². The molecule has 6 nitrogen and oxygen atoms in total. The van der Waals surface area contributed by atoms with E-state index >= 15 is 0 Å². The summed E-state index contributed by atoms with van der Waals surface area (Å²) in [6.45, 7) is 7.00. The van der Waals surface area contributed by atoms with E-state index in [-0.39, 0.29) is 18.0 Å². The number of hydrogen-bond donors (Lipinski definition) is 1. The fraction of sp³-hybridized carbons (Fsp3) is 0.636. The number of likely N-dealkylation sites (N-methyl/N-ethyl adjacent to an activating group) is 1. The summed E-state index contributed by atoms with van der Waals surface area (Å²) in [6.07, 6.45) is 3.36. The molecular weight excluding hydrogens is 354 g/mol. The van der Waals surface area contributed by atoms with Crippen LogP contribution in [0.2, 0.25) is 0 Å². The third-order valence-corrected chi connectivity index (χ3v) is 6.33. The lowest BCUT2D eigenvalue weighted by atomic mass is 9.90. The van der Waals surface area contributed by atoms with Crippen molar-refractivity contribution in [2.45, 2.75) is 51.2 Å². The molecule has 28 heavy (non-hydrogen) atoms. The lowest BCUT2D eigenvalue weighted by Gasteiger charge is -2.38. The Morgan fingerprint density at radius 1 is 1.18 bits per heavy atom. The molecule has 2 fully saturated rings. The van der Waals surface area contributed by atoms with Gasteiger partial charge in [0.05, 0.1) is 6.54 Å². The maximum absolute atomic E-state index is 13.0. The molecule has 0 radical (unpaired) electrons. The second-order valence-corrected chi connectivity index (χ2v) is 8.07. The molecule has 154 valence electrons. The molecule has 0 saturated carbocycles. The van der Waals surface area contributed by atoms with E-state index in [4.69, 9.17) is 4.74 Å². The van der Waals surface area contributed by atoms with Crippen LogP contribution in [-0.4, -0.2) is 60.6 Å². The molecule has 2 heterocycles. The van der Waals surface area contributed by atoms with Crippen LogP contribution < -0.4 is 5.32 Å². The molecule has 1 aromatic rings. The van der Waals surface area contributed by atoms with Crippen LogP contribution in [0, 0.1) is 5.92 Å². The van der Waals surface area contributed by atoms with Gasteiger partial charge in [-0.25, -0.2) is 4.79 Å². The van der Waals surface area contributed by atoms with E-state index in [1.54, 1.807) is 0 Å². The van der Waals surface area contributed by atoms with Crippen LogP contribution in [0.3, 0.4) is 0 Å². The topological polar surface area (TPSA) is 61.9 Å². The van der Waals surface area contributed by atoms with Crippen LogP contribution in [-0.2, 0) is 9.53 Å². The van der Waals surface area contributed by atoms with Gasteiger partial charge in [-0.3, -0.25) is 4.79 Å². The third kappa shape index (κ3) is 4.32. The van der Waals surface area contributed by atoms with E-state index in [0.717, 1.165) is 24.9 Å². The number of hydrogen-bond acceptors (Lipinski definition) is 4. The van der Waals surface area contributed by atoms with Crippen LogP contribution in [0.5, 0.6) is 0 Å². The van der Waals surface area contributed by atoms with Crippen molar-refractivity contribution in [1.82, 2.24) is 15.1 Å². The zero-order valence-electron chi connectivity index (χ0n) is 17.3. The molecule has 1 unspecified atom stereocenters. The standard InChI is InChI=1S/C22H33N3O3/c1-4-17(5-2)15-25-16-22(28-21(25)27)11-13-24(14-12-22)20(26)19(23-3)18-9-7-6-8-10-18/h6-10,17,19,23H,4-5,11-16H2,1-3H3. The molecule has 0 aromatic heterocycles. The highest BCUT2D eigenvalue weighted by Gasteiger charge is 2.48. The summed E-state index contributed by atoms with van der Waals surface area (Å²) in [5.41, 5.74) is 0.542. The zero-order chi connectivity index (χ0) is 20.1. The van der Waals surface area contributed by atoms with Gasteiger partial charge in [0, 0.05) is 32.5 Å². The van der Waals surface area contributed by atoms with E-state index in [2.05, 4.69) is 19.2 Å².